The van der Waals surface area contributed by atoms with Crippen LogP contribution in [0, 0.1) is 17.3 Å². The number of phenolic OH excluding ortho intramolecular Hbond substituents is 1. The van der Waals surface area contributed by atoms with Gasteiger partial charge in [-0.25, -0.2) is 0 Å². The highest BCUT2D eigenvalue weighted by Crippen LogP contribution is 2.61. The van der Waals surface area contributed by atoms with Gasteiger partial charge in [-0.3, -0.25) is 0 Å². The van der Waals surface area contributed by atoms with E-state index in [2.05, 4.69) is 13.0 Å². The van der Waals surface area contributed by atoms with Crippen molar-refractivity contribution in [2.75, 3.05) is 0 Å². The maximum atomic E-state index is 10.6. The van der Waals surface area contributed by atoms with Gasteiger partial charge in [-0.05, 0) is 90.5 Å². The molecule has 3 aliphatic carbocycles. The van der Waals surface area contributed by atoms with Crippen LogP contribution in [0.2, 0.25) is 0 Å². The largest absolute Gasteiger partial charge is 0.504 e. The monoisotopic (exact) mass is 378 g/mol. The van der Waals surface area contributed by atoms with E-state index in [-0.39, 0.29) is 17.3 Å². The van der Waals surface area contributed by atoms with Gasteiger partial charge >= 0.3 is 0 Å². The minimum absolute atomic E-state index is 0.0967. The van der Waals surface area contributed by atoms with Gasteiger partial charge in [0, 0.05) is 0 Å². The molecule has 2 aromatic carbocycles. The first-order valence-corrected chi connectivity index (χ1v) is 10.8. The molecule has 148 valence electrons. The van der Waals surface area contributed by atoms with E-state index in [1.165, 1.54) is 17.5 Å². The van der Waals surface area contributed by atoms with Crippen LogP contribution < -0.4 is 4.74 Å². The standard InChI is InChI=1S/C25H30O3/c1-25-12-11-18-19(21(25)9-10-24(25)27)8-7-17-13-23(22(26)14-20(17)18)28-15-16-5-3-2-4-6-16/h2-6,13-14,18-19,21,24,26-27H,7-12,15H2,1H3/t18-,19+,21-,24?,25-/m0/s1. The van der Waals surface area contributed by atoms with E-state index in [4.69, 9.17) is 4.74 Å². The molecule has 2 N–H and O–H groups in total. The van der Waals surface area contributed by atoms with Gasteiger partial charge in [0.2, 0.25) is 0 Å². The van der Waals surface area contributed by atoms with Crippen molar-refractivity contribution in [2.24, 2.45) is 17.3 Å². The number of hydrogen-bond acceptors (Lipinski definition) is 3. The first-order valence-electron chi connectivity index (χ1n) is 10.8. The zero-order chi connectivity index (χ0) is 19.3. The number of aliphatic hydroxyl groups excluding tert-OH is 1. The highest BCUT2D eigenvalue weighted by atomic mass is 16.5. The normalized spacial score (nSPS) is 33.6. The fourth-order valence-electron chi connectivity index (χ4n) is 6.41. The maximum Gasteiger partial charge on any atom is 0.161 e. The molecule has 28 heavy (non-hydrogen) atoms. The molecule has 0 heterocycles. The molecule has 3 heteroatoms. The van der Waals surface area contributed by atoms with E-state index < -0.39 is 0 Å². The third-order valence-corrected chi connectivity index (χ3v) is 7.99. The van der Waals surface area contributed by atoms with E-state index in [0.717, 1.165) is 37.7 Å². The summed E-state index contributed by atoms with van der Waals surface area (Å²) in [5, 5.41) is 21.2. The topological polar surface area (TPSA) is 49.7 Å². The van der Waals surface area contributed by atoms with Crippen LogP contribution in [0.25, 0.3) is 0 Å². The SMILES string of the molecule is C[C@]12CC[C@@H]3c4cc(O)c(OCc5ccccc5)cc4CC[C@H]3[C@@H]1CCC2O. The van der Waals surface area contributed by atoms with Crippen LogP contribution in [-0.4, -0.2) is 16.3 Å². The van der Waals surface area contributed by atoms with Gasteiger partial charge in [0.1, 0.15) is 6.61 Å². The predicted octanol–water partition coefficient (Wildman–Crippen LogP) is 5.19. The highest BCUT2D eigenvalue weighted by Gasteiger charge is 2.54. The third-order valence-electron chi connectivity index (χ3n) is 7.99. The lowest BCUT2D eigenvalue weighted by Gasteiger charge is -2.50. The van der Waals surface area contributed by atoms with Crippen LogP contribution in [0.5, 0.6) is 11.5 Å². The number of rotatable bonds is 3. The van der Waals surface area contributed by atoms with E-state index in [0.29, 0.717) is 30.1 Å². The summed E-state index contributed by atoms with van der Waals surface area (Å²) in [5.74, 6) is 2.62. The molecule has 5 atom stereocenters. The first kappa shape index (κ1) is 18.1. The lowest BCUT2D eigenvalue weighted by atomic mass is 9.55. The Kier molecular flexibility index (Phi) is 4.39. The second kappa shape index (κ2) is 6.81. The summed E-state index contributed by atoms with van der Waals surface area (Å²) in [7, 11) is 0. The number of aryl methyl sites for hydroxylation is 1. The molecule has 2 saturated carbocycles. The van der Waals surface area contributed by atoms with Crippen molar-refractivity contribution >= 4 is 0 Å². The Hall–Kier alpha value is -2.00. The zero-order valence-corrected chi connectivity index (χ0v) is 16.6. The van der Waals surface area contributed by atoms with Gasteiger partial charge in [-0.1, -0.05) is 37.3 Å². The molecule has 0 saturated heterocycles. The van der Waals surface area contributed by atoms with Crippen molar-refractivity contribution in [3.63, 3.8) is 0 Å². The molecular weight excluding hydrogens is 348 g/mol. The van der Waals surface area contributed by atoms with Gasteiger partial charge in [0.25, 0.3) is 0 Å². The molecule has 3 nitrogen and oxygen atoms in total. The number of ether oxygens (including phenoxy) is 1. The number of phenols is 1. The molecule has 5 rings (SSSR count). The van der Waals surface area contributed by atoms with Crippen molar-refractivity contribution in [1.29, 1.82) is 0 Å². The summed E-state index contributed by atoms with van der Waals surface area (Å²) >= 11 is 0. The fourth-order valence-corrected chi connectivity index (χ4v) is 6.41. The predicted molar refractivity (Wildman–Crippen MR) is 110 cm³/mol. The van der Waals surface area contributed by atoms with E-state index in [1.54, 1.807) is 0 Å². The Morgan fingerprint density at radius 1 is 1.07 bits per heavy atom. The number of benzene rings is 2. The molecule has 2 aromatic rings. The summed E-state index contributed by atoms with van der Waals surface area (Å²) in [6.07, 6.45) is 6.40. The van der Waals surface area contributed by atoms with Gasteiger partial charge in [-0.15, -0.1) is 0 Å². The molecule has 0 aromatic heterocycles. The van der Waals surface area contributed by atoms with Crippen molar-refractivity contribution in [3.05, 3.63) is 59.2 Å². The minimum Gasteiger partial charge on any atom is -0.504 e. The fraction of sp³-hybridized carbons (Fsp3) is 0.520. The quantitative estimate of drug-likeness (QED) is 0.773. The smallest absolute Gasteiger partial charge is 0.161 e. The van der Waals surface area contributed by atoms with Crippen molar-refractivity contribution in [2.45, 2.75) is 64.1 Å². The van der Waals surface area contributed by atoms with Crippen LogP contribution in [0.4, 0.5) is 0 Å². The van der Waals surface area contributed by atoms with E-state index >= 15 is 0 Å². The highest BCUT2D eigenvalue weighted by molar-refractivity contribution is 5.49. The van der Waals surface area contributed by atoms with Crippen LogP contribution in [0.3, 0.4) is 0 Å². The molecule has 2 fully saturated rings. The summed E-state index contributed by atoms with van der Waals surface area (Å²) in [5.41, 5.74) is 3.86. The Bertz CT molecular complexity index is 862. The Balaban J connectivity index is 1.39. The summed E-state index contributed by atoms with van der Waals surface area (Å²) in [4.78, 5) is 0. The lowest BCUT2D eigenvalue weighted by Crippen LogP contribution is -2.43. The molecule has 3 aliphatic rings. The zero-order valence-electron chi connectivity index (χ0n) is 16.6. The molecule has 0 aliphatic heterocycles. The van der Waals surface area contributed by atoms with Crippen LogP contribution in [0.1, 0.15) is 61.6 Å². The lowest BCUT2D eigenvalue weighted by molar-refractivity contribution is -0.0226. The first-order chi connectivity index (χ1) is 13.6. The summed E-state index contributed by atoms with van der Waals surface area (Å²) in [6, 6.07) is 14.1. The average molecular weight is 379 g/mol. The number of aliphatic hydroxyl groups is 1. The molecular formula is C25H30O3. The summed E-state index contributed by atoms with van der Waals surface area (Å²) < 4.78 is 5.94. The third kappa shape index (κ3) is 2.83. The van der Waals surface area contributed by atoms with Crippen molar-refractivity contribution in [3.8, 4) is 11.5 Å². The van der Waals surface area contributed by atoms with Crippen LogP contribution >= 0.6 is 0 Å². The van der Waals surface area contributed by atoms with Crippen LogP contribution in [0.15, 0.2) is 42.5 Å². The molecule has 0 amide bonds. The number of fused-ring (bicyclic) bond motifs is 5. The molecule has 0 radical (unpaired) electrons. The van der Waals surface area contributed by atoms with Gasteiger partial charge in [0.15, 0.2) is 11.5 Å². The number of hydrogen-bond donors (Lipinski definition) is 2. The van der Waals surface area contributed by atoms with Gasteiger partial charge < -0.3 is 14.9 Å². The Morgan fingerprint density at radius 3 is 2.71 bits per heavy atom. The van der Waals surface area contributed by atoms with E-state index in [9.17, 15) is 10.2 Å². The number of aromatic hydroxyl groups is 1. The minimum atomic E-state index is -0.137. The van der Waals surface area contributed by atoms with Crippen molar-refractivity contribution < 1.29 is 14.9 Å². The Morgan fingerprint density at radius 2 is 1.89 bits per heavy atom. The second-order valence-electron chi connectivity index (χ2n) is 9.35. The van der Waals surface area contributed by atoms with Gasteiger partial charge in [-0.2, -0.15) is 0 Å². The van der Waals surface area contributed by atoms with Crippen LogP contribution in [-0.2, 0) is 13.0 Å². The van der Waals surface area contributed by atoms with E-state index in [1.807, 2.05) is 36.4 Å². The molecule has 0 bridgehead atoms. The Labute approximate surface area is 167 Å². The van der Waals surface area contributed by atoms with Gasteiger partial charge in [0.05, 0.1) is 6.10 Å². The molecule has 0 spiro atoms. The average Bonchev–Trinajstić information content (AvgIpc) is 3.02. The second-order valence-corrected chi connectivity index (χ2v) is 9.35. The summed E-state index contributed by atoms with van der Waals surface area (Å²) in [6.45, 7) is 2.77. The van der Waals surface area contributed by atoms with Crippen molar-refractivity contribution in [1.82, 2.24) is 0 Å². The maximum absolute atomic E-state index is 10.6. The molecule has 1 unspecified atom stereocenters.